The van der Waals surface area contributed by atoms with E-state index in [1.807, 2.05) is 36.4 Å². The second-order valence-corrected chi connectivity index (χ2v) is 21.6. The zero-order valence-corrected chi connectivity index (χ0v) is 52.4. The fraction of sp³-hybridized carbons (Fsp3) is 0.388. The van der Waals surface area contributed by atoms with Crippen molar-refractivity contribution in [1.29, 1.82) is 0 Å². The van der Waals surface area contributed by atoms with Crippen LogP contribution in [-0.4, -0.2) is 170 Å². The molecule has 508 valence electrons. The number of carboxylic acid groups (broad SMARTS) is 4. The predicted octanol–water partition coefficient (Wildman–Crippen LogP) is 4.78. The van der Waals surface area contributed by atoms with Crippen molar-refractivity contribution in [3.05, 3.63) is 109 Å². The number of rotatable bonds is 44. The molecule has 0 unspecified atom stereocenters. The quantitative estimate of drug-likeness (QED) is 0.0229. The molecule has 95 heavy (non-hydrogen) atoms. The third-order valence-electron chi connectivity index (χ3n) is 14.1. The molecule has 6 aromatic rings. The van der Waals surface area contributed by atoms with Crippen LogP contribution >= 0.6 is 0 Å². The maximum Gasteiger partial charge on any atom is 0.322 e. The van der Waals surface area contributed by atoms with Crippen molar-refractivity contribution in [2.45, 2.75) is 102 Å². The SMILES string of the molecule is CC(=O)N[C@@H](CC(=O)O)C(=O)NCCCOc1cccc2c(OCCCC(=O)N[C@@H](CC(=O)O)C(=O)NCCCOc3cccc4c(OCCCC(=O)N[C@@H](CC(=O)O)C(=O)NCCCOc5cccc6c(OCCCC(=O)NCC(=O)O)cccc56)cccc34)cccc12. The van der Waals surface area contributed by atoms with Crippen molar-refractivity contribution >= 4 is 97.5 Å². The van der Waals surface area contributed by atoms with E-state index in [1.165, 1.54) is 6.92 Å². The summed E-state index contributed by atoms with van der Waals surface area (Å²) in [6.45, 7) is 2.08. The fourth-order valence-corrected chi connectivity index (χ4v) is 9.72. The van der Waals surface area contributed by atoms with Crippen LogP contribution in [0, 0.1) is 0 Å². The number of fused-ring (bicyclic) bond motifs is 3. The molecule has 0 aromatic heterocycles. The molecule has 0 radical (unpaired) electrons. The van der Waals surface area contributed by atoms with Crippen molar-refractivity contribution in [1.82, 2.24) is 37.2 Å². The number of hydrogen-bond acceptors (Lipinski definition) is 17. The molecule has 0 heterocycles. The van der Waals surface area contributed by atoms with E-state index in [0.29, 0.717) is 71.0 Å². The first-order valence-electron chi connectivity index (χ1n) is 30.9. The topological polar surface area (TPSA) is 408 Å². The maximum atomic E-state index is 13.2. The summed E-state index contributed by atoms with van der Waals surface area (Å²) in [5.41, 5.74) is 0. The summed E-state index contributed by atoms with van der Waals surface area (Å²) in [4.78, 5) is 133. The summed E-state index contributed by atoms with van der Waals surface area (Å²) in [7, 11) is 0. The van der Waals surface area contributed by atoms with E-state index >= 15 is 0 Å². The standard InChI is InChI=1S/C67H79N7O21/c1-42(75)72-49(38-61(79)80)65(87)68-29-11-35-93-56-24-6-15-44-47(56)18-3-21-53(44)91-33-9-27-59(77)74-51(40-63(83)84)67(89)70-31-13-37-95-57-25-7-16-45-48(57)19-4-22-54(45)92-34-10-28-60(78)73-50(39-62(81)82)66(88)69-30-12-36-94-55-23-5-14-43-46(55)17-2-20-52(43)90-32-8-26-58(76)71-41-64(85)86/h2-7,14-25,49-51H,8-13,26-41H2,1H3,(H,68,87)(H,69,88)(H,70,89)(H,71,76)(H,72,75)(H,73,78)(H,74,77)(H,79,80)(H,81,82)(H,83,84)(H,85,86)/t49-,50-,51-/m0/s1. The monoisotopic (exact) mass is 1320 g/mol. The lowest BCUT2D eigenvalue weighted by Gasteiger charge is -2.17. The fourth-order valence-electron chi connectivity index (χ4n) is 9.72. The Morgan fingerprint density at radius 1 is 0.326 bits per heavy atom. The minimum absolute atomic E-state index is 0.0740. The van der Waals surface area contributed by atoms with E-state index in [0.717, 1.165) is 21.5 Å². The Hall–Kier alpha value is -10.9. The van der Waals surface area contributed by atoms with Crippen LogP contribution < -0.4 is 65.6 Å². The van der Waals surface area contributed by atoms with Crippen LogP contribution in [-0.2, 0) is 52.7 Å². The highest BCUT2D eigenvalue weighted by Crippen LogP contribution is 2.35. The van der Waals surface area contributed by atoms with E-state index in [9.17, 15) is 63.0 Å². The van der Waals surface area contributed by atoms with Crippen LogP contribution in [0.1, 0.15) is 84.0 Å². The number of carbonyl (C=O) groups excluding carboxylic acids is 7. The molecule has 6 rings (SSSR count). The molecule has 0 spiro atoms. The maximum absolute atomic E-state index is 13.2. The molecule has 0 aliphatic rings. The van der Waals surface area contributed by atoms with Crippen LogP contribution in [0.15, 0.2) is 109 Å². The molecular weight excluding hydrogens is 1240 g/mol. The van der Waals surface area contributed by atoms with Crippen LogP contribution in [0.4, 0.5) is 0 Å². The van der Waals surface area contributed by atoms with Crippen molar-refractivity contribution in [3.8, 4) is 34.5 Å². The van der Waals surface area contributed by atoms with Gasteiger partial charge in [0.15, 0.2) is 0 Å². The van der Waals surface area contributed by atoms with Gasteiger partial charge in [-0.25, -0.2) is 0 Å². The number of benzene rings is 6. The van der Waals surface area contributed by atoms with Gasteiger partial charge in [-0.3, -0.25) is 52.7 Å². The predicted molar refractivity (Wildman–Crippen MR) is 344 cm³/mol. The average Bonchev–Trinajstić information content (AvgIpc) is 0.842. The van der Waals surface area contributed by atoms with Gasteiger partial charge in [-0.1, -0.05) is 72.8 Å². The van der Waals surface area contributed by atoms with E-state index < -0.39 is 109 Å². The van der Waals surface area contributed by atoms with Crippen molar-refractivity contribution in [2.24, 2.45) is 0 Å². The van der Waals surface area contributed by atoms with Crippen LogP contribution in [0.2, 0.25) is 0 Å². The zero-order valence-electron chi connectivity index (χ0n) is 52.4. The molecule has 3 atom stereocenters. The number of aliphatic carboxylic acids is 4. The number of amides is 7. The second-order valence-electron chi connectivity index (χ2n) is 21.6. The first-order valence-corrected chi connectivity index (χ1v) is 30.9. The van der Waals surface area contributed by atoms with Gasteiger partial charge in [0.05, 0.1) is 58.9 Å². The van der Waals surface area contributed by atoms with Gasteiger partial charge >= 0.3 is 23.9 Å². The minimum Gasteiger partial charge on any atom is -0.493 e. The molecule has 0 saturated carbocycles. The van der Waals surface area contributed by atoms with Gasteiger partial charge < -0.3 is 86.1 Å². The first-order chi connectivity index (χ1) is 45.8. The van der Waals surface area contributed by atoms with Gasteiger partial charge in [-0.05, 0) is 74.9 Å². The highest BCUT2D eigenvalue weighted by atomic mass is 16.5. The smallest absolute Gasteiger partial charge is 0.322 e. The summed E-state index contributed by atoms with van der Waals surface area (Å²) >= 11 is 0. The lowest BCUT2D eigenvalue weighted by Crippen LogP contribution is -2.48. The third kappa shape index (κ3) is 25.2. The van der Waals surface area contributed by atoms with Gasteiger partial charge in [-0.15, -0.1) is 0 Å². The molecule has 6 aromatic carbocycles. The molecule has 0 bridgehead atoms. The summed E-state index contributed by atoms with van der Waals surface area (Å²) in [6, 6.07) is 28.4. The number of carbonyl (C=O) groups is 11. The first kappa shape index (κ1) is 73.1. The van der Waals surface area contributed by atoms with Crippen LogP contribution in [0.3, 0.4) is 0 Å². The van der Waals surface area contributed by atoms with E-state index in [1.54, 1.807) is 72.8 Å². The highest BCUT2D eigenvalue weighted by molar-refractivity contribution is 5.96. The Bertz CT molecular complexity index is 3640. The molecule has 0 fully saturated rings. The Kier molecular flexibility index (Phi) is 29.9. The summed E-state index contributed by atoms with van der Waals surface area (Å²) in [5, 5.41) is 58.9. The third-order valence-corrected chi connectivity index (χ3v) is 14.1. The Labute approximate surface area is 546 Å². The molecule has 0 aliphatic heterocycles. The normalized spacial score (nSPS) is 11.8. The number of hydrogen-bond donors (Lipinski definition) is 11. The molecule has 28 heteroatoms. The number of ether oxygens (including phenoxy) is 6. The van der Waals surface area contributed by atoms with Crippen LogP contribution in [0.5, 0.6) is 34.5 Å². The Morgan fingerprint density at radius 3 is 0.832 bits per heavy atom. The van der Waals surface area contributed by atoms with E-state index in [4.69, 9.17) is 38.6 Å². The van der Waals surface area contributed by atoms with E-state index in [-0.39, 0.29) is 91.4 Å². The van der Waals surface area contributed by atoms with Gasteiger partial charge in [0.2, 0.25) is 41.4 Å². The average molecular weight is 1320 g/mol. The zero-order chi connectivity index (χ0) is 68.5. The minimum atomic E-state index is -1.35. The molecule has 0 aliphatic carbocycles. The molecule has 11 N–H and O–H groups in total. The molecule has 7 amide bonds. The second kappa shape index (κ2) is 38.8. The molecule has 28 nitrogen and oxygen atoms in total. The Balaban J connectivity index is 0.865. The van der Waals surface area contributed by atoms with Gasteiger partial charge in [0.1, 0.15) is 59.2 Å². The lowest BCUT2D eigenvalue weighted by molar-refractivity contribution is -0.141. The molecule has 0 saturated heterocycles. The van der Waals surface area contributed by atoms with Gasteiger partial charge in [0, 0.05) is 78.1 Å². The van der Waals surface area contributed by atoms with Gasteiger partial charge in [-0.2, -0.15) is 0 Å². The molecular formula is C67H79N7O21. The summed E-state index contributed by atoms with van der Waals surface area (Å²) < 4.78 is 36.1. The van der Waals surface area contributed by atoms with Crippen molar-refractivity contribution in [3.63, 3.8) is 0 Å². The Morgan fingerprint density at radius 2 is 0.579 bits per heavy atom. The lowest BCUT2D eigenvalue weighted by atomic mass is 10.1. The van der Waals surface area contributed by atoms with Crippen molar-refractivity contribution in [2.75, 3.05) is 65.8 Å². The highest BCUT2D eigenvalue weighted by Gasteiger charge is 2.26. The summed E-state index contributed by atoms with van der Waals surface area (Å²) in [5.74, 6) is -5.77. The van der Waals surface area contributed by atoms with Crippen LogP contribution in [0.25, 0.3) is 32.3 Å². The van der Waals surface area contributed by atoms with Gasteiger partial charge in [0.25, 0.3) is 0 Å². The van der Waals surface area contributed by atoms with E-state index in [2.05, 4.69) is 37.2 Å². The number of carboxylic acids is 4. The largest absolute Gasteiger partial charge is 0.493 e. The number of nitrogens with one attached hydrogen (secondary N) is 7. The summed E-state index contributed by atoms with van der Waals surface area (Å²) in [6.07, 6.45) is -0.0564. The van der Waals surface area contributed by atoms with Crippen molar-refractivity contribution < 1.29 is 102 Å².